The van der Waals surface area contributed by atoms with E-state index in [1.807, 2.05) is 44.2 Å². The van der Waals surface area contributed by atoms with Crippen LogP contribution in [0.3, 0.4) is 0 Å². The molecule has 1 N–H and O–H groups in total. The molecule has 0 amide bonds. The van der Waals surface area contributed by atoms with E-state index in [1.54, 1.807) is 42.5 Å². The molecule has 4 aromatic rings. The Bertz CT molecular complexity index is 1460. The third kappa shape index (κ3) is 8.24. The van der Waals surface area contributed by atoms with Crippen molar-refractivity contribution in [3.63, 3.8) is 0 Å². The molecule has 41 heavy (non-hydrogen) atoms. The first-order chi connectivity index (χ1) is 19.2. The number of halogens is 8. The predicted octanol–water partition coefficient (Wildman–Crippen LogP) is 10.5. The summed E-state index contributed by atoms with van der Waals surface area (Å²) in [5.74, 6) is -0.174. The number of rotatable bonds is 5. The van der Waals surface area contributed by atoms with E-state index in [2.05, 4.69) is 4.99 Å². The Morgan fingerprint density at radius 2 is 1.20 bits per heavy atom. The number of phenols is 1. The minimum atomic E-state index is -5.00. The molecule has 214 valence electrons. The number of aliphatic imine (C=N–C) groups is 1. The number of aromatic hydroxyl groups is 1. The second-order valence-corrected chi connectivity index (χ2v) is 13.1. The molecule has 0 atom stereocenters. The average molecular weight is 690 g/mol. The van der Waals surface area contributed by atoms with Crippen molar-refractivity contribution in [2.75, 3.05) is 0 Å². The van der Waals surface area contributed by atoms with Crippen LogP contribution in [-0.4, -0.2) is 11.3 Å². The van der Waals surface area contributed by atoms with Crippen LogP contribution in [0.1, 0.15) is 41.7 Å². The molecule has 0 aliphatic carbocycles. The van der Waals surface area contributed by atoms with Crippen LogP contribution in [0, 0.1) is 0 Å². The number of hydrogen-bond donors (Lipinski definition) is 1. The van der Waals surface area contributed by atoms with Gasteiger partial charge < -0.3 is 5.11 Å². The molecule has 0 saturated heterocycles. The summed E-state index contributed by atoms with van der Waals surface area (Å²) >= 11 is -0.826. The zero-order chi connectivity index (χ0) is 30.4. The molecule has 0 bridgehead atoms. The summed E-state index contributed by atoms with van der Waals surface area (Å²) in [4.78, 5) is 3.98. The maximum absolute atomic E-state index is 13.3. The summed E-state index contributed by atoms with van der Waals surface area (Å²) in [7, 11) is 9.87. The molecule has 0 aliphatic rings. The Balaban J connectivity index is 0.00000147. The van der Waals surface area contributed by atoms with Crippen molar-refractivity contribution < 1.29 is 52.3 Å². The zero-order valence-corrected chi connectivity index (χ0v) is 25.6. The number of benzene rings is 4. The minimum absolute atomic E-state index is 0.0505. The van der Waals surface area contributed by atoms with Crippen LogP contribution >= 0.6 is 17.0 Å². The van der Waals surface area contributed by atoms with Gasteiger partial charge in [-0.15, -0.1) is 0 Å². The van der Waals surface area contributed by atoms with Gasteiger partial charge in [-0.05, 0) is 34.9 Å². The SMILES string of the molecule is CC(C)(c1ccccc1)c1ccc(-c2ccccc2)c(C=Nc2cc(C(F)(F)F)cc(C(F)(F)F)c2)c1O.[Cl][Zr][Cl]. The molecule has 0 aliphatic heterocycles. The second-order valence-electron chi connectivity index (χ2n) is 9.37. The maximum atomic E-state index is 13.3. The van der Waals surface area contributed by atoms with E-state index in [1.165, 1.54) is 0 Å². The van der Waals surface area contributed by atoms with Crippen LogP contribution in [0.15, 0.2) is 96.0 Å². The van der Waals surface area contributed by atoms with E-state index in [0.717, 1.165) is 11.8 Å². The fourth-order valence-electron chi connectivity index (χ4n) is 4.27. The van der Waals surface area contributed by atoms with Crippen LogP contribution < -0.4 is 0 Å². The first-order valence-corrected chi connectivity index (χ1v) is 18.3. The quantitative estimate of drug-likeness (QED) is 0.164. The van der Waals surface area contributed by atoms with Crippen molar-refractivity contribution in [2.45, 2.75) is 31.6 Å². The molecular formula is C30H23Cl2F6NOZr. The molecule has 0 radical (unpaired) electrons. The van der Waals surface area contributed by atoms with Gasteiger partial charge in [0.2, 0.25) is 0 Å². The van der Waals surface area contributed by atoms with Gasteiger partial charge in [0.25, 0.3) is 0 Å². The fourth-order valence-corrected chi connectivity index (χ4v) is 4.27. The van der Waals surface area contributed by atoms with Gasteiger partial charge in [-0.25, -0.2) is 0 Å². The summed E-state index contributed by atoms with van der Waals surface area (Å²) in [5.41, 5.74) is -1.36. The Morgan fingerprint density at radius 1 is 0.707 bits per heavy atom. The van der Waals surface area contributed by atoms with Gasteiger partial charge in [-0.1, -0.05) is 86.6 Å². The molecule has 0 fully saturated rings. The molecule has 2 nitrogen and oxygen atoms in total. The van der Waals surface area contributed by atoms with Gasteiger partial charge in [-0.2, -0.15) is 26.3 Å². The van der Waals surface area contributed by atoms with Crippen molar-refractivity contribution in [1.29, 1.82) is 0 Å². The Kier molecular flexibility index (Phi) is 10.9. The van der Waals surface area contributed by atoms with Crippen LogP contribution in [0.2, 0.25) is 0 Å². The monoisotopic (exact) mass is 687 g/mol. The molecular weight excluding hydrogens is 666 g/mol. The number of phenolic OH excluding ortho intramolecular Hbond substituents is 1. The summed E-state index contributed by atoms with van der Waals surface area (Å²) in [6.45, 7) is 3.81. The molecule has 0 spiro atoms. The van der Waals surface area contributed by atoms with E-state index in [9.17, 15) is 31.4 Å². The number of nitrogens with zero attached hydrogens (tertiary/aromatic N) is 1. The average Bonchev–Trinajstić information content (AvgIpc) is 2.92. The normalized spacial score (nSPS) is 12.1. The van der Waals surface area contributed by atoms with Crippen molar-refractivity contribution in [3.8, 4) is 16.9 Å². The molecule has 0 heterocycles. The summed E-state index contributed by atoms with van der Waals surface area (Å²) in [5, 5.41) is 11.4. The van der Waals surface area contributed by atoms with Gasteiger partial charge in [0.1, 0.15) is 5.75 Å². The van der Waals surface area contributed by atoms with E-state index in [0.29, 0.717) is 28.8 Å². The van der Waals surface area contributed by atoms with Gasteiger partial charge in [-0.3, -0.25) is 4.99 Å². The Labute approximate surface area is 252 Å². The van der Waals surface area contributed by atoms with E-state index in [-0.39, 0.29) is 17.4 Å². The van der Waals surface area contributed by atoms with Crippen LogP contribution in [0.25, 0.3) is 11.1 Å². The third-order valence-corrected chi connectivity index (χ3v) is 6.39. The second kappa shape index (κ2) is 13.6. The van der Waals surface area contributed by atoms with E-state index in [4.69, 9.17) is 17.0 Å². The van der Waals surface area contributed by atoms with Gasteiger partial charge >= 0.3 is 50.2 Å². The van der Waals surface area contributed by atoms with Crippen molar-refractivity contribution in [2.24, 2.45) is 4.99 Å². The fraction of sp³-hybridized carbons (Fsp3) is 0.167. The molecule has 0 aromatic heterocycles. The van der Waals surface area contributed by atoms with Gasteiger partial charge in [0.15, 0.2) is 0 Å². The molecule has 0 saturated carbocycles. The Morgan fingerprint density at radius 3 is 1.68 bits per heavy atom. The standard InChI is InChI=1S/C30H23F6NO.2ClH.Zr/c1-28(2,20-11-7-4-8-12-20)26-14-13-24(19-9-5-3-6-10-19)25(27(26)38)18-37-23-16-21(29(31,32)33)15-22(17-23)30(34,35)36;;;/h3-18,38H,1-2H3;2*1H;/q;;;+2/p-2. The first-order valence-electron chi connectivity index (χ1n) is 12.0. The van der Waals surface area contributed by atoms with E-state index < -0.39 is 55.4 Å². The topological polar surface area (TPSA) is 32.6 Å². The van der Waals surface area contributed by atoms with Crippen molar-refractivity contribution >= 4 is 28.9 Å². The van der Waals surface area contributed by atoms with Crippen molar-refractivity contribution in [3.05, 3.63) is 119 Å². The molecule has 11 heteroatoms. The van der Waals surface area contributed by atoms with Crippen LogP contribution in [0.5, 0.6) is 5.75 Å². The van der Waals surface area contributed by atoms with Crippen LogP contribution in [-0.2, 0) is 38.6 Å². The predicted molar refractivity (Wildman–Crippen MR) is 148 cm³/mol. The van der Waals surface area contributed by atoms with Crippen LogP contribution in [0.4, 0.5) is 32.0 Å². The molecule has 4 aromatic carbocycles. The summed E-state index contributed by atoms with van der Waals surface area (Å²) in [6.07, 6.45) is -8.89. The number of alkyl halides is 6. The summed E-state index contributed by atoms with van der Waals surface area (Å²) in [6, 6.07) is 22.9. The number of hydrogen-bond acceptors (Lipinski definition) is 2. The molecule has 4 rings (SSSR count). The summed E-state index contributed by atoms with van der Waals surface area (Å²) < 4.78 is 80.0. The molecule has 0 unspecified atom stereocenters. The zero-order valence-electron chi connectivity index (χ0n) is 21.7. The van der Waals surface area contributed by atoms with E-state index >= 15 is 0 Å². The van der Waals surface area contributed by atoms with Gasteiger partial charge in [0, 0.05) is 22.8 Å². The van der Waals surface area contributed by atoms with Crippen molar-refractivity contribution in [1.82, 2.24) is 0 Å². The van der Waals surface area contributed by atoms with Gasteiger partial charge in [0.05, 0.1) is 16.8 Å². The Hall–Kier alpha value is -2.61. The third-order valence-electron chi connectivity index (χ3n) is 6.39. The first kappa shape index (κ1) is 32.9.